The van der Waals surface area contributed by atoms with Gasteiger partial charge in [0.2, 0.25) is 0 Å². The van der Waals surface area contributed by atoms with Crippen LogP contribution in [0.25, 0.3) is 16.4 Å². The number of para-hydroxylation sites is 1. The van der Waals surface area contributed by atoms with Crippen LogP contribution in [0.15, 0.2) is 95.5 Å². The van der Waals surface area contributed by atoms with Crippen molar-refractivity contribution in [3.63, 3.8) is 0 Å². The maximum absolute atomic E-state index is 14.7. The van der Waals surface area contributed by atoms with Crippen molar-refractivity contribution in [2.24, 2.45) is 0 Å². The van der Waals surface area contributed by atoms with Gasteiger partial charge in [-0.1, -0.05) is 42.1 Å². The molecule has 1 amide bonds. The summed E-state index contributed by atoms with van der Waals surface area (Å²) < 4.78 is 21.6. The van der Waals surface area contributed by atoms with Crippen LogP contribution in [0.1, 0.15) is 15.9 Å². The number of methoxy groups -OCH3 is 1. The van der Waals surface area contributed by atoms with Crippen molar-refractivity contribution in [1.29, 1.82) is 0 Å². The molecule has 0 saturated heterocycles. The molecule has 0 aliphatic heterocycles. The zero-order valence-corrected chi connectivity index (χ0v) is 20.9. The van der Waals surface area contributed by atoms with Crippen molar-refractivity contribution in [2.45, 2.75) is 10.9 Å². The maximum atomic E-state index is 14.7. The van der Waals surface area contributed by atoms with Crippen molar-refractivity contribution < 1.29 is 13.9 Å². The second-order valence-corrected chi connectivity index (χ2v) is 9.63. The van der Waals surface area contributed by atoms with Crippen molar-refractivity contribution in [3.05, 3.63) is 107 Å². The monoisotopic (exact) mass is 516 g/mol. The molecule has 2 heterocycles. The third kappa shape index (κ3) is 5.17. The van der Waals surface area contributed by atoms with Crippen LogP contribution in [0.5, 0.6) is 5.75 Å². The fraction of sp³-hybridized carbons (Fsp3) is 0.0741. The Bertz CT molecular complexity index is 1470. The third-order valence-electron chi connectivity index (χ3n) is 5.40. The number of anilines is 1. The number of nitrogens with zero attached hydrogens (tertiary/aromatic N) is 3. The molecule has 2 aromatic heterocycles. The van der Waals surface area contributed by atoms with E-state index in [4.69, 9.17) is 4.74 Å². The molecule has 5 aromatic rings. The summed E-state index contributed by atoms with van der Waals surface area (Å²) in [7, 11) is 1.60. The van der Waals surface area contributed by atoms with Crippen LogP contribution in [0.2, 0.25) is 0 Å². The molecular formula is C27H21FN4O2S2. The van der Waals surface area contributed by atoms with Gasteiger partial charge >= 0.3 is 0 Å². The smallest absolute Gasteiger partial charge is 0.255 e. The average Bonchev–Trinajstić information content (AvgIpc) is 3.59. The number of ether oxygens (including phenoxy) is 1. The van der Waals surface area contributed by atoms with Gasteiger partial charge < -0.3 is 10.1 Å². The van der Waals surface area contributed by atoms with Crippen LogP contribution in [0.4, 0.5) is 10.1 Å². The van der Waals surface area contributed by atoms with Gasteiger partial charge in [-0.05, 0) is 65.5 Å². The lowest BCUT2D eigenvalue weighted by atomic mass is 10.1. The largest absolute Gasteiger partial charge is 0.497 e. The quantitative estimate of drug-likeness (QED) is 0.233. The Kier molecular flexibility index (Phi) is 7.11. The molecule has 5 rings (SSSR count). The predicted octanol–water partition coefficient (Wildman–Crippen LogP) is 6.69. The highest BCUT2D eigenvalue weighted by molar-refractivity contribution is 7.98. The van der Waals surface area contributed by atoms with Crippen LogP contribution in [0, 0.1) is 5.82 Å². The number of benzene rings is 3. The molecule has 180 valence electrons. The summed E-state index contributed by atoms with van der Waals surface area (Å²) in [5, 5.41) is 14.1. The molecule has 6 nitrogen and oxygen atoms in total. The molecule has 36 heavy (non-hydrogen) atoms. The molecule has 0 atom stereocenters. The lowest BCUT2D eigenvalue weighted by Crippen LogP contribution is -2.11. The third-order valence-corrected chi connectivity index (χ3v) is 7.27. The van der Waals surface area contributed by atoms with Crippen LogP contribution in [0.3, 0.4) is 0 Å². The van der Waals surface area contributed by atoms with Gasteiger partial charge in [-0.25, -0.2) is 4.39 Å². The molecule has 9 heteroatoms. The van der Waals surface area contributed by atoms with Crippen molar-refractivity contribution in [1.82, 2.24) is 14.8 Å². The van der Waals surface area contributed by atoms with Gasteiger partial charge in [-0.15, -0.1) is 21.5 Å². The minimum absolute atomic E-state index is 0.195. The number of carbonyl (C=O) groups is 1. The van der Waals surface area contributed by atoms with E-state index in [0.29, 0.717) is 33.7 Å². The van der Waals surface area contributed by atoms with E-state index in [1.165, 1.54) is 29.2 Å². The first-order valence-corrected chi connectivity index (χ1v) is 12.9. The fourth-order valence-electron chi connectivity index (χ4n) is 3.56. The standard InChI is InChI=1S/C27H21FN4O2S2/c1-34-21-14-12-20(13-15-21)29-26(33)19-10-8-18(9-11-19)17-36-27-31-30-25(24-7-4-16-35-24)32(27)23-6-3-2-5-22(23)28/h2-16H,17H2,1H3,(H,29,33). The Hall–Kier alpha value is -3.95. The number of rotatable bonds is 8. The number of thioether (sulfide) groups is 1. The summed E-state index contributed by atoms with van der Waals surface area (Å²) in [6.45, 7) is 0. The Labute approximate surface area is 215 Å². The molecule has 0 fully saturated rings. The first kappa shape index (κ1) is 23.8. The molecule has 1 N–H and O–H groups in total. The topological polar surface area (TPSA) is 69.0 Å². The number of thiophene rings is 1. The van der Waals surface area contributed by atoms with Gasteiger partial charge in [0.15, 0.2) is 11.0 Å². The minimum atomic E-state index is -0.343. The van der Waals surface area contributed by atoms with Gasteiger partial charge in [0.1, 0.15) is 11.6 Å². The lowest BCUT2D eigenvalue weighted by molar-refractivity contribution is 0.102. The Morgan fingerprint density at radius 1 is 1.00 bits per heavy atom. The number of hydrogen-bond acceptors (Lipinski definition) is 6. The van der Waals surface area contributed by atoms with E-state index in [2.05, 4.69) is 15.5 Å². The van der Waals surface area contributed by atoms with Crippen LogP contribution in [-0.4, -0.2) is 27.8 Å². The molecule has 0 unspecified atom stereocenters. The summed E-state index contributed by atoms with van der Waals surface area (Å²) in [4.78, 5) is 13.5. The van der Waals surface area contributed by atoms with Gasteiger partial charge in [-0.2, -0.15) is 0 Å². The summed E-state index contributed by atoms with van der Waals surface area (Å²) >= 11 is 2.98. The fourth-order valence-corrected chi connectivity index (χ4v) is 5.16. The summed E-state index contributed by atoms with van der Waals surface area (Å²) in [6.07, 6.45) is 0. The van der Waals surface area contributed by atoms with Crippen LogP contribution in [-0.2, 0) is 5.75 Å². The zero-order chi connectivity index (χ0) is 24.9. The highest BCUT2D eigenvalue weighted by Crippen LogP contribution is 2.32. The Morgan fingerprint density at radius 2 is 1.78 bits per heavy atom. The Morgan fingerprint density at radius 3 is 2.47 bits per heavy atom. The highest BCUT2D eigenvalue weighted by Gasteiger charge is 2.19. The van der Waals surface area contributed by atoms with E-state index >= 15 is 0 Å². The van der Waals surface area contributed by atoms with Crippen LogP contribution < -0.4 is 10.1 Å². The number of halogens is 1. The number of amides is 1. The lowest BCUT2D eigenvalue weighted by Gasteiger charge is -2.11. The molecule has 0 aliphatic rings. The van der Waals surface area contributed by atoms with E-state index in [-0.39, 0.29) is 11.7 Å². The van der Waals surface area contributed by atoms with Crippen molar-refractivity contribution in [2.75, 3.05) is 12.4 Å². The van der Waals surface area contributed by atoms with E-state index in [0.717, 1.165) is 16.2 Å². The molecule has 0 saturated carbocycles. The predicted molar refractivity (Wildman–Crippen MR) is 142 cm³/mol. The summed E-state index contributed by atoms with van der Waals surface area (Å²) in [6, 6.07) is 25.0. The van der Waals surface area contributed by atoms with E-state index in [9.17, 15) is 9.18 Å². The molecule has 0 spiro atoms. The summed E-state index contributed by atoms with van der Waals surface area (Å²) in [5.41, 5.74) is 2.64. The van der Waals surface area contributed by atoms with Gasteiger partial charge in [-0.3, -0.25) is 9.36 Å². The van der Waals surface area contributed by atoms with Crippen molar-refractivity contribution in [3.8, 4) is 22.1 Å². The first-order valence-electron chi connectivity index (χ1n) is 11.0. The SMILES string of the molecule is COc1ccc(NC(=O)c2ccc(CSc3nnc(-c4cccs4)n3-c3ccccc3F)cc2)cc1. The maximum Gasteiger partial charge on any atom is 0.255 e. The second-order valence-electron chi connectivity index (χ2n) is 7.74. The number of carbonyl (C=O) groups excluding carboxylic acids is 1. The number of hydrogen-bond donors (Lipinski definition) is 1. The van der Waals surface area contributed by atoms with E-state index in [1.807, 2.05) is 29.6 Å². The molecule has 0 aliphatic carbocycles. The minimum Gasteiger partial charge on any atom is -0.497 e. The number of nitrogens with one attached hydrogen (secondary N) is 1. The molecule has 0 radical (unpaired) electrons. The Balaban J connectivity index is 1.31. The molecular weight excluding hydrogens is 495 g/mol. The summed E-state index contributed by atoms with van der Waals surface area (Å²) in [5.74, 6) is 1.37. The molecule has 0 bridgehead atoms. The van der Waals surface area contributed by atoms with E-state index in [1.54, 1.807) is 66.3 Å². The second kappa shape index (κ2) is 10.8. The average molecular weight is 517 g/mol. The highest BCUT2D eigenvalue weighted by atomic mass is 32.2. The zero-order valence-electron chi connectivity index (χ0n) is 19.2. The van der Waals surface area contributed by atoms with Gasteiger partial charge in [0.25, 0.3) is 5.91 Å². The van der Waals surface area contributed by atoms with Gasteiger partial charge in [0, 0.05) is 17.0 Å². The molecule has 3 aromatic carbocycles. The van der Waals surface area contributed by atoms with Crippen molar-refractivity contribution >= 4 is 34.7 Å². The van der Waals surface area contributed by atoms with Gasteiger partial charge in [0.05, 0.1) is 17.7 Å². The number of aromatic nitrogens is 3. The van der Waals surface area contributed by atoms with E-state index < -0.39 is 0 Å². The normalized spacial score (nSPS) is 10.8. The van der Waals surface area contributed by atoms with Crippen LogP contribution >= 0.6 is 23.1 Å². The first-order chi connectivity index (χ1) is 17.6.